The van der Waals surface area contributed by atoms with Crippen LogP contribution in [0.15, 0.2) is 48.8 Å². The predicted octanol–water partition coefficient (Wildman–Crippen LogP) is 4.37. The lowest BCUT2D eigenvalue weighted by atomic mass is 10.1. The van der Waals surface area contributed by atoms with Gasteiger partial charge in [0.05, 0.1) is 5.69 Å². The summed E-state index contributed by atoms with van der Waals surface area (Å²) in [5, 5.41) is 5.47. The molecule has 132 valence electrons. The first-order chi connectivity index (χ1) is 12.4. The van der Waals surface area contributed by atoms with Crippen LogP contribution in [0.25, 0.3) is 0 Å². The van der Waals surface area contributed by atoms with Crippen LogP contribution in [-0.2, 0) is 0 Å². The second kappa shape index (κ2) is 7.26. The molecule has 26 heavy (non-hydrogen) atoms. The second-order valence-electron chi connectivity index (χ2n) is 5.87. The number of rotatable bonds is 4. The summed E-state index contributed by atoms with van der Waals surface area (Å²) in [6.45, 7) is 3.87. The number of benzene rings is 2. The summed E-state index contributed by atoms with van der Waals surface area (Å²) in [4.78, 5) is 20.3. The number of hydrogen-bond donors (Lipinski definition) is 2. The van der Waals surface area contributed by atoms with Crippen LogP contribution in [0.4, 0.5) is 26.0 Å². The van der Waals surface area contributed by atoms with Gasteiger partial charge in [-0.1, -0.05) is 6.07 Å². The third kappa shape index (κ3) is 4.18. The highest BCUT2D eigenvalue weighted by molar-refractivity contribution is 6.03. The van der Waals surface area contributed by atoms with Crippen molar-refractivity contribution in [2.45, 2.75) is 13.8 Å². The minimum Gasteiger partial charge on any atom is -0.338 e. The zero-order valence-corrected chi connectivity index (χ0v) is 14.2. The van der Waals surface area contributed by atoms with Gasteiger partial charge in [-0.05, 0) is 49.2 Å². The van der Waals surface area contributed by atoms with Crippen LogP contribution in [0.2, 0.25) is 0 Å². The lowest BCUT2D eigenvalue weighted by Gasteiger charge is -2.09. The summed E-state index contributed by atoms with van der Waals surface area (Å²) >= 11 is 0. The van der Waals surface area contributed by atoms with Crippen LogP contribution in [0.5, 0.6) is 0 Å². The van der Waals surface area contributed by atoms with Crippen molar-refractivity contribution in [3.05, 3.63) is 77.2 Å². The minimum atomic E-state index is -0.759. The smallest absolute Gasteiger partial charge is 0.274 e. The van der Waals surface area contributed by atoms with Crippen molar-refractivity contribution in [1.29, 1.82) is 0 Å². The molecule has 1 heterocycles. The SMILES string of the molecule is Cc1cc(C)cc(NC(=O)c2cc(Nc3ccc(F)cc3F)ncn2)c1. The lowest BCUT2D eigenvalue weighted by Crippen LogP contribution is -2.14. The first-order valence-corrected chi connectivity index (χ1v) is 7.84. The minimum absolute atomic E-state index is 0.0470. The standard InChI is InChI=1S/C19H16F2N4O/c1-11-5-12(2)7-14(6-11)24-19(26)17-9-18(23-10-22-17)25-16-4-3-13(20)8-15(16)21/h3-10H,1-2H3,(H,24,26)(H,22,23,25). The number of nitrogens with zero attached hydrogens (tertiary/aromatic N) is 2. The highest BCUT2D eigenvalue weighted by Crippen LogP contribution is 2.20. The van der Waals surface area contributed by atoms with Gasteiger partial charge in [0, 0.05) is 17.8 Å². The number of carbonyl (C=O) groups is 1. The van der Waals surface area contributed by atoms with Crippen LogP contribution < -0.4 is 10.6 Å². The molecule has 2 aromatic carbocycles. The predicted molar refractivity (Wildman–Crippen MR) is 95.5 cm³/mol. The van der Waals surface area contributed by atoms with E-state index in [1.54, 1.807) is 0 Å². The number of amides is 1. The molecule has 0 aliphatic carbocycles. The number of nitrogens with one attached hydrogen (secondary N) is 2. The van der Waals surface area contributed by atoms with E-state index in [0.29, 0.717) is 5.69 Å². The number of halogens is 2. The summed E-state index contributed by atoms with van der Waals surface area (Å²) in [6, 6.07) is 10.2. The third-order valence-electron chi connectivity index (χ3n) is 3.57. The number of anilines is 3. The molecule has 3 rings (SSSR count). The fourth-order valence-electron chi connectivity index (χ4n) is 2.52. The van der Waals surface area contributed by atoms with E-state index in [4.69, 9.17) is 0 Å². The highest BCUT2D eigenvalue weighted by atomic mass is 19.1. The molecular weight excluding hydrogens is 338 g/mol. The maximum absolute atomic E-state index is 13.7. The molecular formula is C19H16F2N4O. The van der Waals surface area contributed by atoms with Crippen LogP contribution >= 0.6 is 0 Å². The topological polar surface area (TPSA) is 66.9 Å². The van der Waals surface area contributed by atoms with Gasteiger partial charge in [-0.2, -0.15) is 0 Å². The average molecular weight is 354 g/mol. The molecule has 1 aromatic heterocycles. The fourth-order valence-corrected chi connectivity index (χ4v) is 2.52. The monoisotopic (exact) mass is 354 g/mol. The van der Waals surface area contributed by atoms with Gasteiger partial charge >= 0.3 is 0 Å². The van der Waals surface area contributed by atoms with Gasteiger partial charge in [0.1, 0.15) is 29.5 Å². The van der Waals surface area contributed by atoms with E-state index < -0.39 is 17.5 Å². The first-order valence-electron chi connectivity index (χ1n) is 7.84. The zero-order valence-electron chi connectivity index (χ0n) is 14.2. The van der Waals surface area contributed by atoms with Crippen LogP contribution in [0.3, 0.4) is 0 Å². The number of aryl methyl sites for hydroxylation is 2. The highest BCUT2D eigenvalue weighted by Gasteiger charge is 2.11. The first kappa shape index (κ1) is 17.5. The molecule has 0 atom stereocenters. The Labute approximate surface area is 149 Å². The van der Waals surface area contributed by atoms with Gasteiger partial charge < -0.3 is 10.6 Å². The van der Waals surface area contributed by atoms with Gasteiger partial charge in [0.2, 0.25) is 0 Å². The van der Waals surface area contributed by atoms with E-state index in [1.807, 2.05) is 32.0 Å². The van der Waals surface area contributed by atoms with E-state index in [9.17, 15) is 13.6 Å². The van der Waals surface area contributed by atoms with Crippen molar-refractivity contribution in [2.24, 2.45) is 0 Å². The Hall–Kier alpha value is -3.35. The summed E-state index contributed by atoms with van der Waals surface area (Å²) in [5.41, 5.74) is 2.87. The van der Waals surface area contributed by atoms with Crippen molar-refractivity contribution in [1.82, 2.24) is 9.97 Å². The summed E-state index contributed by atoms with van der Waals surface area (Å²) in [6.07, 6.45) is 1.19. The molecule has 0 fully saturated rings. The van der Waals surface area contributed by atoms with E-state index in [-0.39, 0.29) is 17.2 Å². The van der Waals surface area contributed by atoms with Gasteiger partial charge in [-0.3, -0.25) is 4.79 Å². The Kier molecular flexibility index (Phi) is 4.88. The molecule has 0 unspecified atom stereocenters. The normalized spacial score (nSPS) is 10.5. The van der Waals surface area contributed by atoms with E-state index >= 15 is 0 Å². The van der Waals surface area contributed by atoms with E-state index in [1.165, 1.54) is 18.5 Å². The van der Waals surface area contributed by atoms with E-state index in [0.717, 1.165) is 23.3 Å². The van der Waals surface area contributed by atoms with Gasteiger partial charge in [0.25, 0.3) is 5.91 Å². The fraction of sp³-hybridized carbons (Fsp3) is 0.105. The van der Waals surface area contributed by atoms with Crippen LogP contribution in [-0.4, -0.2) is 15.9 Å². The summed E-state index contributed by atoms with van der Waals surface area (Å²) in [5.74, 6) is -1.63. The Balaban J connectivity index is 1.78. The molecule has 7 heteroatoms. The maximum Gasteiger partial charge on any atom is 0.274 e. The zero-order chi connectivity index (χ0) is 18.7. The number of aromatic nitrogens is 2. The lowest BCUT2D eigenvalue weighted by molar-refractivity contribution is 0.102. The van der Waals surface area contributed by atoms with Crippen molar-refractivity contribution in [3.8, 4) is 0 Å². The Morgan fingerprint density at radius 3 is 2.38 bits per heavy atom. The molecule has 0 saturated heterocycles. The van der Waals surface area contributed by atoms with E-state index in [2.05, 4.69) is 20.6 Å². The molecule has 0 radical (unpaired) electrons. The molecule has 0 aliphatic heterocycles. The molecule has 3 aromatic rings. The molecule has 0 saturated carbocycles. The number of hydrogen-bond acceptors (Lipinski definition) is 4. The molecule has 0 aliphatic rings. The molecule has 2 N–H and O–H groups in total. The average Bonchev–Trinajstić information content (AvgIpc) is 2.57. The Morgan fingerprint density at radius 2 is 1.69 bits per heavy atom. The van der Waals surface area contributed by atoms with Crippen molar-refractivity contribution in [3.63, 3.8) is 0 Å². The summed E-state index contributed by atoms with van der Waals surface area (Å²) in [7, 11) is 0. The van der Waals surface area contributed by atoms with Crippen molar-refractivity contribution >= 4 is 23.1 Å². The van der Waals surface area contributed by atoms with Crippen LogP contribution in [0.1, 0.15) is 21.6 Å². The molecule has 0 spiro atoms. The van der Waals surface area contributed by atoms with Crippen LogP contribution in [0, 0.1) is 25.5 Å². The van der Waals surface area contributed by atoms with Gasteiger partial charge in [-0.15, -0.1) is 0 Å². The van der Waals surface area contributed by atoms with Crippen molar-refractivity contribution < 1.29 is 13.6 Å². The molecule has 0 bridgehead atoms. The van der Waals surface area contributed by atoms with Crippen molar-refractivity contribution in [2.75, 3.05) is 10.6 Å². The maximum atomic E-state index is 13.7. The molecule has 1 amide bonds. The Morgan fingerprint density at radius 1 is 0.962 bits per heavy atom. The third-order valence-corrected chi connectivity index (χ3v) is 3.57. The molecule has 5 nitrogen and oxygen atoms in total. The van der Waals surface area contributed by atoms with Gasteiger partial charge in [-0.25, -0.2) is 18.7 Å². The quantitative estimate of drug-likeness (QED) is 0.730. The Bertz CT molecular complexity index is 955. The van der Waals surface area contributed by atoms with Gasteiger partial charge in [0.15, 0.2) is 0 Å². The second-order valence-corrected chi connectivity index (χ2v) is 5.87. The number of carbonyl (C=O) groups excluding carboxylic acids is 1. The largest absolute Gasteiger partial charge is 0.338 e. The summed E-state index contributed by atoms with van der Waals surface area (Å²) < 4.78 is 26.7.